The van der Waals surface area contributed by atoms with Crippen molar-refractivity contribution < 1.29 is 0 Å². The van der Waals surface area contributed by atoms with Gasteiger partial charge in [-0.1, -0.05) is 273 Å². The fourth-order valence-electron chi connectivity index (χ4n) is 10.2. The monoisotopic (exact) mass is 1490 g/mol. The molecule has 0 aliphatic rings. The standard InChI is InChI=1S/C34H19Br5.C34H21Br3/c35-24-9-1-20(2-10-24)31-29-18-17-28(39)19-30(29)32(21-3-11-25(36)12-4-21)34(23-7-15-27(38)16-8-23)33(31)22-5-13-26(37)14-6-22;35-26-15-11-24(12-16-26)33-31(22-7-3-1-4-8-22)29-20-19-28(37)21-30(29)32(23-9-5-2-6-10-23)34(33)25-13-17-27(36)18-14-25/h1-19H;1-21H. The van der Waals surface area contributed by atoms with Crippen LogP contribution in [0.25, 0.3) is 111 Å². The van der Waals surface area contributed by atoms with Crippen LogP contribution in [0.2, 0.25) is 0 Å². The molecule has 0 saturated carbocycles. The van der Waals surface area contributed by atoms with Gasteiger partial charge < -0.3 is 0 Å². The van der Waals surface area contributed by atoms with Crippen LogP contribution in [0, 0.1) is 0 Å². The lowest BCUT2D eigenvalue weighted by molar-refractivity contribution is 1.54. The minimum atomic E-state index is 1.05. The minimum Gasteiger partial charge on any atom is -0.0622 e. The predicted octanol–water partition coefficient (Wildman–Crippen LogP) is 25.1. The Morgan fingerprint density at radius 1 is 0.145 bits per heavy atom. The van der Waals surface area contributed by atoms with Crippen LogP contribution in [-0.4, -0.2) is 0 Å². The van der Waals surface area contributed by atoms with Crippen molar-refractivity contribution in [1.29, 1.82) is 0 Å². The summed E-state index contributed by atoms with van der Waals surface area (Å²) in [7, 11) is 0. The smallest absolute Gasteiger partial charge is 0.0181 e. The normalized spacial score (nSPS) is 11.2. The van der Waals surface area contributed by atoms with Gasteiger partial charge in [0.2, 0.25) is 0 Å². The van der Waals surface area contributed by atoms with Crippen molar-refractivity contribution in [2.45, 2.75) is 0 Å². The molecule has 12 aromatic rings. The van der Waals surface area contributed by atoms with Gasteiger partial charge in [0.05, 0.1) is 0 Å². The number of hydrogen-bond donors (Lipinski definition) is 0. The van der Waals surface area contributed by atoms with Crippen LogP contribution < -0.4 is 0 Å². The van der Waals surface area contributed by atoms with E-state index in [1.165, 1.54) is 99.4 Å². The van der Waals surface area contributed by atoms with Crippen molar-refractivity contribution in [1.82, 2.24) is 0 Å². The van der Waals surface area contributed by atoms with E-state index in [1.807, 2.05) is 0 Å². The fourth-order valence-corrected chi connectivity index (χ4v) is 12.5. The summed E-state index contributed by atoms with van der Waals surface area (Å²) in [6, 6.07) is 86.8. The van der Waals surface area contributed by atoms with Gasteiger partial charge in [-0.05, 0) is 208 Å². The Bertz CT molecular complexity index is 4050. The second kappa shape index (κ2) is 23.5. The van der Waals surface area contributed by atoms with Gasteiger partial charge >= 0.3 is 0 Å². The molecule has 0 aromatic heterocycles. The van der Waals surface area contributed by atoms with E-state index in [2.05, 4.69) is 370 Å². The quantitative estimate of drug-likeness (QED) is 0.142. The summed E-state index contributed by atoms with van der Waals surface area (Å²) in [5, 5.41) is 4.85. The molecule has 368 valence electrons. The Hall–Kier alpha value is -5.00. The average Bonchev–Trinajstić information content (AvgIpc) is 3.63. The van der Waals surface area contributed by atoms with Crippen LogP contribution in [-0.2, 0) is 0 Å². The molecule has 0 heterocycles. The molecule has 12 aromatic carbocycles. The molecule has 0 amide bonds. The Morgan fingerprint density at radius 2 is 0.329 bits per heavy atom. The fraction of sp³-hybridized carbons (Fsp3) is 0. The van der Waals surface area contributed by atoms with Crippen molar-refractivity contribution in [3.05, 3.63) is 278 Å². The highest BCUT2D eigenvalue weighted by Crippen LogP contribution is 2.54. The zero-order chi connectivity index (χ0) is 52.5. The van der Waals surface area contributed by atoms with Gasteiger partial charge in [0.1, 0.15) is 0 Å². The van der Waals surface area contributed by atoms with E-state index in [9.17, 15) is 0 Å². The lowest BCUT2D eigenvalue weighted by atomic mass is 9.79. The van der Waals surface area contributed by atoms with Crippen LogP contribution in [0.1, 0.15) is 0 Å². The highest BCUT2D eigenvalue weighted by atomic mass is 79.9. The molecule has 0 aliphatic heterocycles. The zero-order valence-corrected chi connectivity index (χ0v) is 52.8. The van der Waals surface area contributed by atoms with Crippen LogP contribution in [0.4, 0.5) is 0 Å². The molecular weight excluding hydrogens is 1460 g/mol. The molecule has 0 atom stereocenters. The SMILES string of the molecule is Brc1ccc(-c2c(-c3ccc(Br)cc3)c(-c3ccc(Br)cc3)c3cc(Br)ccc3c2-c2ccc(Br)cc2)cc1.Brc1ccc(-c2c(-c3ccc(Br)cc3)c(-c3ccccc3)c3cc(Br)ccc3c2-c2ccccc2)cc1. The zero-order valence-electron chi connectivity index (χ0n) is 40.1. The molecule has 0 bridgehead atoms. The van der Waals surface area contributed by atoms with E-state index >= 15 is 0 Å². The van der Waals surface area contributed by atoms with E-state index in [0.717, 1.165) is 46.9 Å². The van der Waals surface area contributed by atoms with E-state index in [1.54, 1.807) is 0 Å². The Balaban J connectivity index is 0.000000162. The first kappa shape index (κ1) is 53.0. The lowest BCUT2D eigenvalue weighted by Crippen LogP contribution is -1.97. The Morgan fingerprint density at radius 3 is 0.566 bits per heavy atom. The molecule has 0 spiro atoms. The molecule has 0 unspecified atom stereocenters. The van der Waals surface area contributed by atoms with Crippen LogP contribution in [0.5, 0.6) is 0 Å². The van der Waals surface area contributed by atoms with Gasteiger partial charge in [0.25, 0.3) is 0 Å². The summed E-state index contributed by atoms with van der Waals surface area (Å²) in [6.45, 7) is 0. The highest BCUT2D eigenvalue weighted by Gasteiger charge is 2.26. The molecule has 0 fully saturated rings. The first-order chi connectivity index (χ1) is 37.0. The van der Waals surface area contributed by atoms with E-state index in [0.29, 0.717) is 0 Å². The van der Waals surface area contributed by atoms with E-state index < -0.39 is 0 Å². The van der Waals surface area contributed by atoms with Crippen LogP contribution in [0.15, 0.2) is 278 Å². The van der Waals surface area contributed by atoms with Gasteiger partial charge in [0, 0.05) is 35.8 Å². The molecule has 0 N–H and O–H groups in total. The lowest BCUT2D eigenvalue weighted by Gasteiger charge is -2.24. The topological polar surface area (TPSA) is 0 Å². The van der Waals surface area contributed by atoms with Gasteiger partial charge in [-0.15, -0.1) is 0 Å². The Labute approximate surface area is 510 Å². The number of benzene rings is 12. The van der Waals surface area contributed by atoms with Gasteiger partial charge in [-0.3, -0.25) is 0 Å². The summed E-state index contributed by atoms with van der Waals surface area (Å²) in [6.07, 6.45) is 0. The van der Waals surface area contributed by atoms with Crippen molar-refractivity contribution in [2.24, 2.45) is 0 Å². The molecule has 8 heteroatoms. The average molecular weight is 1500 g/mol. The molecular formula is C68H40Br8. The second-order valence-corrected chi connectivity index (χ2v) is 25.5. The molecule has 0 radical (unpaired) electrons. The van der Waals surface area contributed by atoms with Crippen LogP contribution in [0.3, 0.4) is 0 Å². The number of fused-ring (bicyclic) bond motifs is 2. The summed E-state index contributed by atoms with van der Waals surface area (Å²) in [5.74, 6) is 0. The summed E-state index contributed by atoms with van der Waals surface area (Å²) in [5.41, 5.74) is 19.2. The number of rotatable bonds is 8. The third-order valence-electron chi connectivity index (χ3n) is 13.5. The van der Waals surface area contributed by atoms with Crippen molar-refractivity contribution in [2.75, 3.05) is 0 Å². The third-order valence-corrected chi connectivity index (χ3v) is 17.6. The number of hydrogen-bond acceptors (Lipinski definition) is 0. The maximum Gasteiger partial charge on any atom is 0.0181 e. The molecule has 0 saturated heterocycles. The maximum absolute atomic E-state index is 3.78. The van der Waals surface area contributed by atoms with Crippen molar-refractivity contribution in [3.63, 3.8) is 0 Å². The molecule has 76 heavy (non-hydrogen) atoms. The Kier molecular flexibility index (Phi) is 16.4. The van der Waals surface area contributed by atoms with Gasteiger partial charge in [-0.2, -0.15) is 0 Å². The van der Waals surface area contributed by atoms with Gasteiger partial charge in [0.15, 0.2) is 0 Å². The van der Waals surface area contributed by atoms with Crippen molar-refractivity contribution in [3.8, 4) is 89.0 Å². The largest absolute Gasteiger partial charge is 0.0622 e. The van der Waals surface area contributed by atoms with Crippen molar-refractivity contribution >= 4 is 149 Å². The predicted molar refractivity (Wildman–Crippen MR) is 353 cm³/mol. The maximum atomic E-state index is 3.78. The van der Waals surface area contributed by atoms with Crippen LogP contribution >= 0.6 is 127 Å². The molecule has 12 rings (SSSR count). The van der Waals surface area contributed by atoms with E-state index in [4.69, 9.17) is 0 Å². The first-order valence-corrected chi connectivity index (χ1v) is 30.6. The van der Waals surface area contributed by atoms with E-state index in [-0.39, 0.29) is 0 Å². The second-order valence-electron chi connectivity index (χ2n) is 18.2. The highest BCUT2D eigenvalue weighted by molar-refractivity contribution is 9.11. The first-order valence-electron chi connectivity index (χ1n) is 24.2. The summed E-state index contributed by atoms with van der Waals surface area (Å²) < 4.78 is 8.47. The minimum absolute atomic E-state index is 1.05. The third kappa shape index (κ3) is 11.2. The van der Waals surface area contributed by atoms with Gasteiger partial charge in [-0.25, -0.2) is 0 Å². The summed E-state index contributed by atoms with van der Waals surface area (Å²) >= 11 is 29.4. The molecule has 0 aliphatic carbocycles. The number of halogens is 8. The summed E-state index contributed by atoms with van der Waals surface area (Å²) in [4.78, 5) is 0. The molecule has 0 nitrogen and oxygen atoms in total.